The number of aromatic nitrogens is 2. The second-order valence-corrected chi connectivity index (χ2v) is 5.39. The Hall–Kier alpha value is -2.18. The third-order valence-corrected chi connectivity index (χ3v) is 3.95. The van der Waals surface area contributed by atoms with E-state index in [1.165, 1.54) is 0 Å². The summed E-state index contributed by atoms with van der Waals surface area (Å²) in [7, 11) is 0. The Labute approximate surface area is 129 Å². The summed E-state index contributed by atoms with van der Waals surface area (Å²) in [4.78, 5) is 16.5. The molecular weight excluding hydrogens is 280 g/mol. The molecule has 2 N–H and O–H groups in total. The quantitative estimate of drug-likeness (QED) is 0.877. The number of aliphatic hydroxyl groups is 1. The van der Waals surface area contributed by atoms with Gasteiger partial charge in [-0.05, 0) is 6.07 Å². The van der Waals surface area contributed by atoms with Crippen LogP contribution in [-0.4, -0.2) is 70.3 Å². The first-order valence-electron chi connectivity index (χ1n) is 7.51. The lowest BCUT2D eigenvalue weighted by Crippen LogP contribution is -2.49. The van der Waals surface area contributed by atoms with E-state index >= 15 is 0 Å². The molecule has 0 atom stereocenters. The fourth-order valence-corrected chi connectivity index (χ4v) is 2.67. The zero-order valence-corrected chi connectivity index (χ0v) is 12.4. The van der Waals surface area contributed by atoms with Crippen molar-refractivity contribution in [3.8, 4) is 11.3 Å². The van der Waals surface area contributed by atoms with Gasteiger partial charge in [0.25, 0.3) is 5.91 Å². The third kappa shape index (κ3) is 3.18. The molecule has 3 rings (SSSR count). The molecule has 22 heavy (non-hydrogen) atoms. The molecule has 0 aliphatic carbocycles. The van der Waals surface area contributed by atoms with Crippen LogP contribution < -0.4 is 0 Å². The van der Waals surface area contributed by atoms with Gasteiger partial charge in [-0.2, -0.15) is 5.10 Å². The summed E-state index contributed by atoms with van der Waals surface area (Å²) in [5.74, 6) is -0.0154. The average molecular weight is 300 g/mol. The highest BCUT2D eigenvalue weighted by Crippen LogP contribution is 2.18. The lowest BCUT2D eigenvalue weighted by atomic mass is 10.1. The van der Waals surface area contributed by atoms with Gasteiger partial charge in [0.2, 0.25) is 0 Å². The lowest BCUT2D eigenvalue weighted by Gasteiger charge is -2.34. The van der Waals surface area contributed by atoms with Gasteiger partial charge in [0.15, 0.2) is 0 Å². The van der Waals surface area contributed by atoms with Gasteiger partial charge >= 0.3 is 0 Å². The molecule has 0 unspecified atom stereocenters. The smallest absolute Gasteiger partial charge is 0.271 e. The normalized spacial score (nSPS) is 16.0. The molecule has 2 heterocycles. The van der Waals surface area contributed by atoms with Crippen LogP contribution in [0.5, 0.6) is 0 Å². The number of hydrogen-bond acceptors (Lipinski definition) is 4. The Morgan fingerprint density at radius 2 is 1.91 bits per heavy atom. The van der Waals surface area contributed by atoms with Gasteiger partial charge < -0.3 is 10.0 Å². The van der Waals surface area contributed by atoms with E-state index in [0.717, 1.165) is 24.3 Å². The summed E-state index contributed by atoms with van der Waals surface area (Å²) in [6, 6.07) is 11.6. The molecule has 6 heteroatoms. The van der Waals surface area contributed by atoms with Crippen LogP contribution in [0.1, 0.15) is 10.5 Å². The first-order valence-corrected chi connectivity index (χ1v) is 7.51. The van der Waals surface area contributed by atoms with Gasteiger partial charge in [-0.1, -0.05) is 30.3 Å². The van der Waals surface area contributed by atoms with E-state index in [4.69, 9.17) is 5.11 Å². The van der Waals surface area contributed by atoms with Gasteiger partial charge in [0, 0.05) is 38.3 Å². The maximum Gasteiger partial charge on any atom is 0.271 e. The highest BCUT2D eigenvalue weighted by molar-refractivity contribution is 5.93. The van der Waals surface area contributed by atoms with Crippen LogP contribution in [-0.2, 0) is 0 Å². The van der Waals surface area contributed by atoms with Gasteiger partial charge in [0.05, 0.1) is 12.3 Å². The molecule has 1 amide bonds. The number of hydrogen-bond donors (Lipinski definition) is 2. The number of aromatic amines is 1. The summed E-state index contributed by atoms with van der Waals surface area (Å²) in [5.41, 5.74) is 2.29. The van der Waals surface area contributed by atoms with Crippen molar-refractivity contribution < 1.29 is 9.90 Å². The SMILES string of the molecule is O=C(c1cc(-c2ccccc2)n[nH]1)N1CCN(CCO)CC1. The number of benzene rings is 1. The van der Waals surface area contributed by atoms with Gasteiger partial charge in [-0.25, -0.2) is 0 Å². The van der Waals surface area contributed by atoms with Crippen molar-refractivity contribution in [2.24, 2.45) is 0 Å². The van der Waals surface area contributed by atoms with Gasteiger partial charge in [-0.15, -0.1) is 0 Å². The standard InChI is InChI=1S/C16H20N4O2/c21-11-10-19-6-8-20(9-7-19)16(22)15-12-14(17-18-15)13-4-2-1-3-5-13/h1-5,12,21H,6-11H2,(H,17,18). The topological polar surface area (TPSA) is 72.5 Å². The van der Waals surface area contributed by atoms with Crippen LogP contribution in [0.25, 0.3) is 11.3 Å². The number of H-pyrrole nitrogens is 1. The summed E-state index contributed by atoms with van der Waals surface area (Å²) in [5, 5.41) is 16.0. The monoisotopic (exact) mass is 300 g/mol. The van der Waals surface area contributed by atoms with Crippen molar-refractivity contribution in [3.63, 3.8) is 0 Å². The Morgan fingerprint density at radius 1 is 1.18 bits per heavy atom. The molecule has 1 aliphatic heterocycles. The summed E-state index contributed by atoms with van der Waals surface area (Å²) in [6.45, 7) is 3.79. The second-order valence-electron chi connectivity index (χ2n) is 5.39. The van der Waals surface area contributed by atoms with Crippen molar-refractivity contribution in [1.82, 2.24) is 20.0 Å². The van der Waals surface area contributed by atoms with E-state index in [0.29, 0.717) is 25.3 Å². The summed E-state index contributed by atoms with van der Waals surface area (Å²) in [6.07, 6.45) is 0. The fraction of sp³-hybridized carbons (Fsp3) is 0.375. The molecule has 1 aromatic heterocycles. The minimum Gasteiger partial charge on any atom is -0.395 e. The summed E-state index contributed by atoms with van der Waals surface area (Å²) >= 11 is 0. The number of nitrogens with zero attached hydrogens (tertiary/aromatic N) is 3. The summed E-state index contributed by atoms with van der Waals surface area (Å²) < 4.78 is 0. The van der Waals surface area contributed by atoms with Crippen LogP contribution in [0.3, 0.4) is 0 Å². The van der Waals surface area contributed by atoms with Gasteiger partial charge in [0.1, 0.15) is 5.69 Å². The zero-order chi connectivity index (χ0) is 15.4. The van der Waals surface area contributed by atoms with E-state index in [1.807, 2.05) is 35.2 Å². The Balaban J connectivity index is 1.65. The van der Waals surface area contributed by atoms with E-state index in [2.05, 4.69) is 15.1 Å². The van der Waals surface area contributed by atoms with Crippen LogP contribution in [0.15, 0.2) is 36.4 Å². The second kappa shape index (κ2) is 6.72. The molecule has 1 aromatic carbocycles. The molecule has 1 saturated heterocycles. The van der Waals surface area contributed by atoms with E-state index < -0.39 is 0 Å². The zero-order valence-electron chi connectivity index (χ0n) is 12.4. The number of carbonyl (C=O) groups excluding carboxylic acids is 1. The number of β-amino-alcohol motifs (C(OH)–C–C–N with tert-alkyl or cyclic N) is 1. The van der Waals surface area contributed by atoms with Crippen LogP contribution in [0, 0.1) is 0 Å². The van der Waals surface area contributed by atoms with Crippen LogP contribution in [0.4, 0.5) is 0 Å². The highest BCUT2D eigenvalue weighted by Gasteiger charge is 2.23. The number of nitrogens with one attached hydrogen (secondary N) is 1. The molecule has 6 nitrogen and oxygen atoms in total. The lowest BCUT2D eigenvalue weighted by molar-refractivity contribution is 0.0609. The first-order chi connectivity index (χ1) is 10.8. The Bertz CT molecular complexity index is 618. The van der Waals surface area contributed by atoms with Crippen molar-refractivity contribution in [2.75, 3.05) is 39.3 Å². The molecular formula is C16H20N4O2. The van der Waals surface area contributed by atoms with Crippen molar-refractivity contribution >= 4 is 5.91 Å². The maximum absolute atomic E-state index is 12.5. The minimum atomic E-state index is -0.0154. The van der Waals surface area contributed by atoms with E-state index in [9.17, 15) is 4.79 Å². The number of aliphatic hydroxyl groups excluding tert-OH is 1. The first kappa shape index (κ1) is 14.7. The molecule has 0 spiro atoms. The average Bonchev–Trinajstić information content (AvgIpc) is 3.06. The Morgan fingerprint density at radius 3 is 2.59 bits per heavy atom. The minimum absolute atomic E-state index is 0.0154. The molecule has 116 valence electrons. The number of piperazine rings is 1. The largest absolute Gasteiger partial charge is 0.395 e. The van der Waals surface area contributed by atoms with Crippen molar-refractivity contribution in [1.29, 1.82) is 0 Å². The number of rotatable bonds is 4. The maximum atomic E-state index is 12.5. The van der Waals surface area contributed by atoms with Crippen LogP contribution >= 0.6 is 0 Å². The van der Waals surface area contributed by atoms with Crippen molar-refractivity contribution in [3.05, 3.63) is 42.1 Å². The van der Waals surface area contributed by atoms with Crippen molar-refractivity contribution in [2.45, 2.75) is 0 Å². The highest BCUT2D eigenvalue weighted by atomic mass is 16.3. The fourth-order valence-electron chi connectivity index (χ4n) is 2.67. The molecule has 2 aromatic rings. The molecule has 1 aliphatic rings. The number of amides is 1. The van der Waals surface area contributed by atoms with Crippen LogP contribution in [0.2, 0.25) is 0 Å². The Kier molecular flexibility index (Phi) is 4.50. The third-order valence-electron chi connectivity index (χ3n) is 3.95. The number of carbonyl (C=O) groups is 1. The van der Waals surface area contributed by atoms with E-state index in [-0.39, 0.29) is 12.5 Å². The predicted octanol–water partition coefficient (Wildman–Crippen LogP) is 0.827. The molecule has 0 saturated carbocycles. The predicted molar refractivity (Wildman–Crippen MR) is 83.5 cm³/mol. The molecule has 0 radical (unpaired) electrons. The molecule has 1 fully saturated rings. The molecule has 0 bridgehead atoms. The van der Waals surface area contributed by atoms with Gasteiger partial charge in [-0.3, -0.25) is 14.8 Å². The van der Waals surface area contributed by atoms with E-state index in [1.54, 1.807) is 6.07 Å².